The molecule has 0 amide bonds. The molecule has 1 aliphatic carbocycles. The summed E-state index contributed by atoms with van der Waals surface area (Å²) in [6.45, 7) is 2.70. The Kier molecular flexibility index (Phi) is 6.33. The highest BCUT2D eigenvalue weighted by Gasteiger charge is 2.30. The summed E-state index contributed by atoms with van der Waals surface area (Å²) in [6.07, 6.45) is 6.64. The summed E-state index contributed by atoms with van der Waals surface area (Å²) in [4.78, 5) is 1.22. The van der Waals surface area contributed by atoms with Crippen LogP contribution < -0.4 is 0 Å². The van der Waals surface area contributed by atoms with Crippen molar-refractivity contribution in [1.82, 2.24) is 0 Å². The summed E-state index contributed by atoms with van der Waals surface area (Å²) in [5.41, 5.74) is 0. The van der Waals surface area contributed by atoms with E-state index in [-0.39, 0.29) is 12.2 Å². The third-order valence-electron chi connectivity index (χ3n) is 3.89. The lowest BCUT2D eigenvalue weighted by atomic mass is 9.82. The maximum absolute atomic E-state index is 10.5. The van der Waals surface area contributed by atoms with Crippen LogP contribution in [0, 0.1) is 5.92 Å². The van der Waals surface area contributed by atoms with Crippen LogP contribution in [-0.2, 0) is 11.2 Å². The van der Waals surface area contributed by atoms with E-state index in [9.17, 15) is 5.11 Å². The van der Waals surface area contributed by atoms with Gasteiger partial charge in [-0.3, -0.25) is 0 Å². The van der Waals surface area contributed by atoms with E-state index >= 15 is 0 Å². The first kappa shape index (κ1) is 15.5. The molecule has 0 aliphatic heterocycles. The zero-order valence-corrected chi connectivity index (χ0v) is 13.9. The van der Waals surface area contributed by atoms with Crippen molar-refractivity contribution in [3.05, 3.63) is 20.8 Å². The maximum atomic E-state index is 10.5. The molecule has 2 unspecified atom stereocenters. The van der Waals surface area contributed by atoms with E-state index in [1.807, 2.05) is 13.0 Å². The minimum atomic E-state index is -0.381. The minimum Gasteiger partial charge on any atom is -0.390 e. The molecule has 1 N–H and O–H groups in total. The molecule has 0 aromatic carbocycles. The molecule has 0 saturated heterocycles. The molecule has 2 atom stereocenters. The van der Waals surface area contributed by atoms with Crippen LogP contribution in [0.15, 0.2) is 15.9 Å². The lowest BCUT2D eigenvalue weighted by Crippen LogP contribution is -2.38. The van der Waals surface area contributed by atoms with Crippen LogP contribution in [-0.4, -0.2) is 23.9 Å². The van der Waals surface area contributed by atoms with Gasteiger partial charge in [-0.1, -0.05) is 19.3 Å². The molecule has 2 nitrogen and oxygen atoms in total. The van der Waals surface area contributed by atoms with E-state index in [1.165, 1.54) is 37.0 Å². The van der Waals surface area contributed by atoms with Crippen LogP contribution in [0.2, 0.25) is 0 Å². The van der Waals surface area contributed by atoms with Crippen LogP contribution >= 0.6 is 27.3 Å². The van der Waals surface area contributed by atoms with Gasteiger partial charge < -0.3 is 9.84 Å². The molecule has 1 fully saturated rings. The number of aliphatic hydroxyl groups is 1. The van der Waals surface area contributed by atoms with Gasteiger partial charge in [-0.05, 0) is 53.7 Å². The summed E-state index contributed by atoms with van der Waals surface area (Å²) >= 11 is 5.17. The SMILES string of the molecule is CCOC(C(O)Cc1ccc(Br)s1)C1CCCCC1. The number of hydrogen-bond donors (Lipinski definition) is 1. The molecule has 1 heterocycles. The number of halogens is 1. The van der Waals surface area contributed by atoms with Crippen LogP contribution in [0.1, 0.15) is 43.9 Å². The van der Waals surface area contributed by atoms with Crippen molar-refractivity contribution in [2.75, 3.05) is 6.61 Å². The third-order valence-corrected chi connectivity index (χ3v) is 5.54. The molecule has 0 radical (unpaired) electrons. The fourth-order valence-corrected chi connectivity index (χ4v) is 4.53. The number of ether oxygens (including phenoxy) is 1. The van der Waals surface area contributed by atoms with Gasteiger partial charge >= 0.3 is 0 Å². The Bertz CT molecular complexity index is 374. The minimum absolute atomic E-state index is 0.00572. The highest BCUT2D eigenvalue weighted by atomic mass is 79.9. The van der Waals surface area contributed by atoms with Gasteiger partial charge in [-0.25, -0.2) is 0 Å². The molecule has 1 aromatic heterocycles. The zero-order valence-electron chi connectivity index (χ0n) is 11.5. The molecule has 1 aromatic rings. The fraction of sp³-hybridized carbons (Fsp3) is 0.733. The Morgan fingerprint density at radius 1 is 1.37 bits per heavy atom. The molecule has 0 spiro atoms. The zero-order chi connectivity index (χ0) is 13.7. The summed E-state index contributed by atoms with van der Waals surface area (Å²) in [5, 5.41) is 10.5. The van der Waals surface area contributed by atoms with E-state index in [4.69, 9.17) is 4.74 Å². The molecule has 1 aliphatic rings. The number of hydrogen-bond acceptors (Lipinski definition) is 3. The second-order valence-electron chi connectivity index (χ2n) is 5.30. The van der Waals surface area contributed by atoms with E-state index in [1.54, 1.807) is 11.3 Å². The Balaban J connectivity index is 1.96. The lowest BCUT2D eigenvalue weighted by Gasteiger charge is -2.33. The Morgan fingerprint density at radius 3 is 2.68 bits per heavy atom. The van der Waals surface area contributed by atoms with Gasteiger partial charge in [0.1, 0.15) is 0 Å². The Morgan fingerprint density at radius 2 is 2.11 bits per heavy atom. The van der Waals surface area contributed by atoms with E-state index < -0.39 is 0 Å². The second-order valence-corrected chi connectivity index (χ2v) is 7.84. The van der Waals surface area contributed by atoms with Gasteiger partial charge in [-0.2, -0.15) is 0 Å². The van der Waals surface area contributed by atoms with Gasteiger partial charge in [-0.15, -0.1) is 11.3 Å². The second kappa shape index (κ2) is 7.77. The smallest absolute Gasteiger partial charge is 0.0865 e. The van der Waals surface area contributed by atoms with Crippen LogP contribution in [0.5, 0.6) is 0 Å². The average molecular weight is 347 g/mol. The van der Waals surface area contributed by atoms with Crippen molar-refractivity contribution in [2.24, 2.45) is 5.92 Å². The monoisotopic (exact) mass is 346 g/mol. The Labute approximate surface area is 128 Å². The first-order chi connectivity index (χ1) is 9.20. The van der Waals surface area contributed by atoms with Crippen molar-refractivity contribution < 1.29 is 9.84 Å². The van der Waals surface area contributed by atoms with Crippen molar-refractivity contribution >= 4 is 27.3 Å². The van der Waals surface area contributed by atoms with Crippen LogP contribution in [0.25, 0.3) is 0 Å². The van der Waals surface area contributed by atoms with E-state index in [0.29, 0.717) is 18.9 Å². The standard InChI is InChI=1S/C15H23BrO2S/c1-2-18-15(11-6-4-3-5-7-11)13(17)10-12-8-9-14(16)19-12/h8-9,11,13,15,17H,2-7,10H2,1H3. The van der Waals surface area contributed by atoms with Crippen molar-refractivity contribution in [2.45, 2.75) is 57.7 Å². The quantitative estimate of drug-likeness (QED) is 0.827. The summed E-state index contributed by atoms with van der Waals surface area (Å²) in [6, 6.07) is 4.13. The van der Waals surface area contributed by atoms with E-state index in [2.05, 4.69) is 22.0 Å². The molecule has 1 saturated carbocycles. The van der Waals surface area contributed by atoms with Crippen LogP contribution in [0.3, 0.4) is 0 Å². The molecule has 19 heavy (non-hydrogen) atoms. The van der Waals surface area contributed by atoms with Gasteiger partial charge in [0, 0.05) is 17.9 Å². The molecular weight excluding hydrogens is 324 g/mol. The lowest BCUT2D eigenvalue weighted by molar-refractivity contribution is -0.0713. The maximum Gasteiger partial charge on any atom is 0.0865 e. The van der Waals surface area contributed by atoms with Gasteiger partial charge in [0.15, 0.2) is 0 Å². The average Bonchev–Trinajstić information content (AvgIpc) is 2.82. The van der Waals surface area contributed by atoms with Crippen molar-refractivity contribution in [3.63, 3.8) is 0 Å². The fourth-order valence-electron chi connectivity index (χ4n) is 3.00. The number of thiophene rings is 1. The molecule has 0 bridgehead atoms. The molecular formula is C15H23BrO2S. The highest BCUT2D eigenvalue weighted by molar-refractivity contribution is 9.11. The number of aliphatic hydroxyl groups excluding tert-OH is 1. The third kappa shape index (κ3) is 4.55. The van der Waals surface area contributed by atoms with E-state index in [0.717, 1.165) is 3.79 Å². The Hall–Kier alpha value is 0.1000. The van der Waals surface area contributed by atoms with Crippen LogP contribution in [0.4, 0.5) is 0 Å². The summed E-state index contributed by atoms with van der Waals surface area (Å²) < 4.78 is 6.99. The molecule has 4 heteroatoms. The van der Waals surface area contributed by atoms with Crippen molar-refractivity contribution in [1.29, 1.82) is 0 Å². The summed E-state index contributed by atoms with van der Waals surface area (Å²) in [5.74, 6) is 0.534. The molecule has 2 rings (SSSR count). The van der Waals surface area contributed by atoms with Gasteiger partial charge in [0.2, 0.25) is 0 Å². The topological polar surface area (TPSA) is 29.5 Å². The van der Waals surface area contributed by atoms with Crippen molar-refractivity contribution in [3.8, 4) is 0 Å². The first-order valence-corrected chi connectivity index (χ1v) is 8.85. The highest BCUT2D eigenvalue weighted by Crippen LogP contribution is 2.31. The largest absolute Gasteiger partial charge is 0.390 e. The summed E-state index contributed by atoms with van der Waals surface area (Å²) in [7, 11) is 0. The first-order valence-electron chi connectivity index (χ1n) is 7.24. The van der Waals surface area contributed by atoms with Gasteiger partial charge in [0.25, 0.3) is 0 Å². The normalized spacial score (nSPS) is 20.4. The van der Waals surface area contributed by atoms with Gasteiger partial charge in [0.05, 0.1) is 16.0 Å². The predicted molar refractivity (Wildman–Crippen MR) is 83.7 cm³/mol. The predicted octanol–water partition coefficient (Wildman–Crippen LogP) is 4.40. The molecule has 108 valence electrons. The number of rotatable bonds is 6.